The van der Waals surface area contributed by atoms with Crippen LogP contribution in [0.3, 0.4) is 0 Å². The minimum atomic E-state index is -5.81. The number of alkyl halides is 3. The summed E-state index contributed by atoms with van der Waals surface area (Å²) in [7, 11) is -5.81. The first-order valence-electron chi connectivity index (χ1n) is 7.80. The maximum Gasteiger partial charge on any atom is 0.534 e. The molecule has 27 heavy (non-hydrogen) atoms. The molecule has 0 N–H and O–H groups in total. The lowest BCUT2D eigenvalue weighted by Crippen LogP contribution is -2.31. The summed E-state index contributed by atoms with van der Waals surface area (Å²) in [6, 6.07) is 14.0. The molecule has 0 aliphatic heterocycles. The highest BCUT2D eigenvalue weighted by atomic mass is 32.2. The summed E-state index contributed by atoms with van der Waals surface area (Å²) < 4.78 is 64.3. The van der Waals surface area contributed by atoms with Crippen molar-refractivity contribution in [3.63, 3.8) is 0 Å². The SMILES string of the molecule is C=C[C@@H](c1ccccc1)[C@@](C)(C=O)c1cccc(OS(=O)(=O)C(F)(F)F)c1. The normalized spacial score (nSPS) is 15.4. The van der Waals surface area contributed by atoms with E-state index >= 15 is 0 Å². The fourth-order valence-corrected chi connectivity index (χ4v) is 3.22. The number of allylic oxidation sites excluding steroid dienone is 1. The van der Waals surface area contributed by atoms with Crippen LogP contribution in [0.5, 0.6) is 5.75 Å². The average molecular weight is 398 g/mol. The lowest BCUT2D eigenvalue weighted by Gasteiger charge is -2.32. The number of benzene rings is 2. The molecule has 2 aromatic carbocycles. The summed E-state index contributed by atoms with van der Waals surface area (Å²) in [6.07, 6.45) is 2.22. The molecule has 144 valence electrons. The maximum atomic E-state index is 12.5. The molecule has 8 heteroatoms. The van der Waals surface area contributed by atoms with Gasteiger partial charge in [0.2, 0.25) is 0 Å². The molecule has 0 aliphatic rings. The van der Waals surface area contributed by atoms with Gasteiger partial charge in [0.25, 0.3) is 0 Å². The molecule has 2 atom stereocenters. The Morgan fingerprint density at radius 3 is 2.22 bits per heavy atom. The minimum absolute atomic E-state index is 0.293. The van der Waals surface area contributed by atoms with Gasteiger partial charge in [0.15, 0.2) is 0 Å². The molecule has 4 nitrogen and oxygen atoms in total. The molecule has 0 aromatic heterocycles. The minimum Gasteiger partial charge on any atom is -0.376 e. The van der Waals surface area contributed by atoms with Crippen molar-refractivity contribution in [2.24, 2.45) is 0 Å². The molecule has 0 bridgehead atoms. The van der Waals surface area contributed by atoms with Crippen molar-refractivity contribution >= 4 is 16.4 Å². The van der Waals surface area contributed by atoms with Crippen LogP contribution in [0.4, 0.5) is 13.2 Å². The third kappa shape index (κ3) is 4.21. The fraction of sp³-hybridized carbons (Fsp3) is 0.211. The van der Waals surface area contributed by atoms with E-state index in [1.165, 1.54) is 12.1 Å². The second-order valence-corrected chi connectivity index (χ2v) is 7.57. The second-order valence-electron chi connectivity index (χ2n) is 6.04. The third-order valence-corrected chi connectivity index (χ3v) is 5.21. The van der Waals surface area contributed by atoms with Gasteiger partial charge in [0.05, 0.1) is 5.41 Å². The van der Waals surface area contributed by atoms with Gasteiger partial charge in [-0.05, 0) is 30.2 Å². The van der Waals surface area contributed by atoms with Crippen molar-refractivity contribution in [3.8, 4) is 5.75 Å². The van der Waals surface area contributed by atoms with Gasteiger partial charge >= 0.3 is 15.6 Å². The van der Waals surface area contributed by atoms with Gasteiger partial charge < -0.3 is 8.98 Å². The summed E-state index contributed by atoms with van der Waals surface area (Å²) in [5.41, 5.74) is -5.69. The number of rotatable bonds is 7. The first-order valence-corrected chi connectivity index (χ1v) is 9.21. The smallest absolute Gasteiger partial charge is 0.376 e. The Hall–Kier alpha value is -2.61. The Morgan fingerprint density at radius 2 is 1.70 bits per heavy atom. The zero-order chi connectivity index (χ0) is 20.3. The van der Waals surface area contributed by atoms with Gasteiger partial charge in [-0.15, -0.1) is 6.58 Å². The van der Waals surface area contributed by atoms with Crippen molar-refractivity contribution in [3.05, 3.63) is 78.4 Å². The zero-order valence-electron chi connectivity index (χ0n) is 14.3. The fourth-order valence-electron chi connectivity index (χ4n) is 2.77. The summed E-state index contributed by atoms with van der Waals surface area (Å²) in [5, 5.41) is 0. The molecule has 0 saturated carbocycles. The first-order chi connectivity index (χ1) is 12.5. The molecule has 0 amide bonds. The van der Waals surface area contributed by atoms with Gasteiger partial charge in [-0.2, -0.15) is 21.6 Å². The molecule has 0 heterocycles. The lowest BCUT2D eigenvalue weighted by molar-refractivity contribution is -0.112. The monoisotopic (exact) mass is 398 g/mol. The zero-order valence-corrected chi connectivity index (χ0v) is 15.1. The molecular formula is C19H17F3O4S. The van der Waals surface area contributed by atoms with Crippen molar-refractivity contribution in [1.82, 2.24) is 0 Å². The van der Waals surface area contributed by atoms with E-state index in [0.717, 1.165) is 17.7 Å². The molecule has 0 saturated heterocycles. The van der Waals surface area contributed by atoms with Crippen LogP contribution >= 0.6 is 0 Å². The third-order valence-electron chi connectivity index (χ3n) is 4.23. The standard InChI is InChI=1S/C19H17F3O4S/c1-3-17(14-8-5-4-6-9-14)18(2,13-23)15-10-7-11-16(12-15)26-27(24,25)19(20,21)22/h3-13,17H,1H2,2H3/t17-,18-/m0/s1. The van der Waals surface area contributed by atoms with Gasteiger partial charge in [-0.1, -0.05) is 48.5 Å². The Morgan fingerprint density at radius 1 is 1.07 bits per heavy atom. The van der Waals surface area contributed by atoms with E-state index in [0.29, 0.717) is 11.8 Å². The Balaban J connectivity index is 2.49. The largest absolute Gasteiger partial charge is 0.534 e. The molecule has 0 radical (unpaired) electrons. The van der Waals surface area contributed by atoms with Gasteiger partial charge in [-0.3, -0.25) is 0 Å². The quantitative estimate of drug-likeness (QED) is 0.301. The second kappa shape index (κ2) is 7.56. The molecule has 0 aliphatic carbocycles. The highest BCUT2D eigenvalue weighted by Crippen LogP contribution is 2.39. The molecule has 2 rings (SSSR count). The lowest BCUT2D eigenvalue weighted by atomic mass is 9.70. The van der Waals surface area contributed by atoms with Crippen LogP contribution in [0.1, 0.15) is 24.0 Å². The summed E-state index contributed by atoms with van der Waals surface area (Å²) in [4.78, 5) is 12.0. The van der Waals surface area contributed by atoms with Crippen LogP contribution in [0.25, 0.3) is 0 Å². The topological polar surface area (TPSA) is 60.4 Å². The highest BCUT2D eigenvalue weighted by molar-refractivity contribution is 7.88. The van der Waals surface area contributed by atoms with E-state index in [-0.39, 0.29) is 0 Å². The molecule has 0 unspecified atom stereocenters. The van der Waals surface area contributed by atoms with E-state index in [9.17, 15) is 26.4 Å². The summed E-state index contributed by atoms with van der Waals surface area (Å²) >= 11 is 0. The van der Waals surface area contributed by atoms with E-state index < -0.39 is 32.7 Å². The number of carbonyl (C=O) groups excluding carboxylic acids is 1. The first kappa shape index (κ1) is 20.7. The van der Waals surface area contributed by atoms with Crippen molar-refractivity contribution in [1.29, 1.82) is 0 Å². The number of hydrogen-bond donors (Lipinski definition) is 0. The predicted molar refractivity (Wildman–Crippen MR) is 94.8 cm³/mol. The van der Waals surface area contributed by atoms with E-state index in [4.69, 9.17) is 0 Å². The van der Waals surface area contributed by atoms with Gasteiger partial charge in [0, 0.05) is 5.92 Å². The number of aldehydes is 1. The van der Waals surface area contributed by atoms with E-state index in [1.54, 1.807) is 43.3 Å². The Kier molecular flexibility index (Phi) is 5.79. The van der Waals surface area contributed by atoms with Crippen LogP contribution in [0.2, 0.25) is 0 Å². The van der Waals surface area contributed by atoms with Crippen LogP contribution in [0.15, 0.2) is 67.3 Å². The van der Waals surface area contributed by atoms with Crippen LogP contribution in [-0.2, 0) is 20.3 Å². The van der Waals surface area contributed by atoms with E-state index in [2.05, 4.69) is 10.8 Å². The van der Waals surface area contributed by atoms with Crippen LogP contribution in [0, 0.1) is 0 Å². The van der Waals surface area contributed by atoms with Crippen molar-refractivity contribution in [2.45, 2.75) is 23.8 Å². The summed E-state index contributed by atoms with van der Waals surface area (Å²) in [6.45, 7) is 5.35. The number of carbonyl (C=O) groups is 1. The van der Waals surface area contributed by atoms with Crippen molar-refractivity contribution < 1.29 is 30.6 Å². The number of halogens is 3. The summed E-state index contributed by atoms with van der Waals surface area (Å²) in [5.74, 6) is -1.03. The Labute approximate surface area is 155 Å². The van der Waals surface area contributed by atoms with E-state index in [1.807, 2.05) is 0 Å². The number of hydrogen-bond acceptors (Lipinski definition) is 4. The molecule has 0 fully saturated rings. The molecular weight excluding hydrogens is 381 g/mol. The highest BCUT2D eigenvalue weighted by Gasteiger charge is 2.48. The van der Waals surface area contributed by atoms with Crippen LogP contribution < -0.4 is 4.18 Å². The predicted octanol–water partition coefficient (Wildman–Crippen LogP) is 4.34. The Bertz CT molecular complexity index is 923. The molecule has 2 aromatic rings. The van der Waals surface area contributed by atoms with Gasteiger partial charge in [0.1, 0.15) is 12.0 Å². The molecule has 0 spiro atoms. The van der Waals surface area contributed by atoms with Crippen molar-refractivity contribution in [2.75, 3.05) is 0 Å². The average Bonchev–Trinajstić information content (AvgIpc) is 2.62. The van der Waals surface area contributed by atoms with Crippen LogP contribution in [-0.4, -0.2) is 20.2 Å². The van der Waals surface area contributed by atoms with Gasteiger partial charge in [-0.25, -0.2) is 0 Å². The maximum absolute atomic E-state index is 12.5.